The van der Waals surface area contributed by atoms with E-state index in [-0.39, 0.29) is 88.5 Å². The number of unbranched alkanes of at least 4 members (excludes halogenated alkanes) is 7. The van der Waals surface area contributed by atoms with Gasteiger partial charge in [-0.25, -0.2) is 0 Å². The number of ketones is 2. The number of aromatic nitrogens is 2. The summed E-state index contributed by atoms with van der Waals surface area (Å²) >= 11 is 3.87. The predicted octanol–water partition coefficient (Wildman–Crippen LogP) is 33.0. The van der Waals surface area contributed by atoms with E-state index < -0.39 is 39.2 Å². The van der Waals surface area contributed by atoms with Crippen molar-refractivity contribution >= 4 is 121 Å². The van der Waals surface area contributed by atoms with E-state index >= 15 is 0 Å². The number of carbonyl (C=O) groups excluding carboxylic acids is 3. The van der Waals surface area contributed by atoms with Crippen LogP contribution >= 0.6 is 22.7 Å². The first-order chi connectivity index (χ1) is 63.2. The molecule has 135 heavy (non-hydrogen) atoms. The van der Waals surface area contributed by atoms with Gasteiger partial charge in [0.1, 0.15) is 18.2 Å². The fourth-order valence-corrected chi connectivity index (χ4v) is 26.8. The van der Waals surface area contributed by atoms with E-state index in [0.29, 0.717) is 61.4 Å². The Hall–Kier alpha value is -6.99. The highest BCUT2D eigenvalue weighted by atomic mass is 32.1. The summed E-state index contributed by atoms with van der Waals surface area (Å²) in [4.78, 5) is 61.3. The summed E-state index contributed by atoms with van der Waals surface area (Å²) in [5.41, 5.74) is 5.86. The molecule has 0 radical (unpaired) electrons. The van der Waals surface area contributed by atoms with E-state index in [1.807, 2.05) is 127 Å². The van der Waals surface area contributed by atoms with Crippen LogP contribution in [0.25, 0.3) is 41.7 Å². The zero-order chi connectivity index (χ0) is 97.7. The van der Waals surface area contributed by atoms with Gasteiger partial charge in [-0.3, -0.25) is 29.1 Å². The van der Waals surface area contributed by atoms with Gasteiger partial charge in [0.25, 0.3) is 0 Å². The number of thiophene rings is 2. The number of hydrogen-bond donors (Lipinski definition) is 2. The lowest BCUT2D eigenvalue weighted by molar-refractivity contribution is -0.145. The number of esters is 1. The van der Waals surface area contributed by atoms with Crippen LogP contribution in [-0.4, -0.2) is 95.3 Å². The molecule has 2 aliphatic carbocycles. The topological polar surface area (TPSA) is 181 Å². The second kappa shape index (κ2) is 49.9. The summed E-state index contributed by atoms with van der Waals surface area (Å²) in [7, 11) is -8.15. The number of carbonyl (C=O) groups is 4. The number of aliphatic hydroxyl groups excluding tert-OH is 1. The smallest absolute Gasteiger partial charge is 0.306 e. The molecule has 0 amide bonds. The van der Waals surface area contributed by atoms with Crippen LogP contribution in [0.1, 0.15) is 320 Å². The van der Waals surface area contributed by atoms with E-state index in [9.17, 15) is 19.2 Å². The minimum Gasteiger partial charge on any atom is -0.481 e. The number of hydrogen-bond acceptors (Lipinski definition) is 14. The number of aliphatic hydroxyl groups is 1. The molecule has 2 aliphatic rings. The van der Waals surface area contributed by atoms with Crippen molar-refractivity contribution in [3.05, 3.63) is 226 Å². The maximum absolute atomic E-state index is 13.5. The number of aliphatic carboxylic acids is 1. The molecule has 10 aromatic rings. The van der Waals surface area contributed by atoms with Crippen molar-refractivity contribution in [3.63, 3.8) is 0 Å². The van der Waals surface area contributed by atoms with Crippen LogP contribution in [0.5, 0.6) is 0 Å². The second-order valence-electron chi connectivity index (χ2n) is 45.4. The summed E-state index contributed by atoms with van der Waals surface area (Å²) in [5, 5.41) is 25.6. The first-order valence-corrected chi connectivity index (χ1v) is 64.0. The highest BCUT2D eigenvalue weighted by Crippen LogP contribution is 2.53. The average Bonchev–Trinajstić information content (AvgIpc) is 1.64. The molecule has 738 valence electrons. The van der Waals surface area contributed by atoms with Gasteiger partial charge in [-0.1, -0.05) is 284 Å². The van der Waals surface area contributed by atoms with Gasteiger partial charge in [0, 0.05) is 98.3 Å². The van der Waals surface area contributed by atoms with Gasteiger partial charge in [-0.15, -0.1) is 22.7 Å². The molecule has 2 fully saturated rings. The third-order valence-electron chi connectivity index (χ3n) is 31.4. The van der Waals surface area contributed by atoms with E-state index in [2.05, 4.69) is 239 Å². The molecule has 12 rings (SSSR count). The third kappa shape index (κ3) is 31.5. The number of carboxylic acids is 1. The third-order valence-corrected chi connectivity index (χ3v) is 52.0. The molecule has 13 nitrogen and oxygen atoms in total. The van der Waals surface area contributed by atoms with Crippen molar-refractivity contribution in [3.8, 4) is 0 Å². The molecule has 2 N–H and O–H groups in total. The Morgan fingerprint density at radius 3 is 1.29 bits per heavy atom. The zero-order valence-electron chi connectivity index (χ0n) is 86.2. The lowest BCUT2D eigenvalue weighted by Gasteiger charge is -2.41. The molecule has 0 bridgehead atoms. The monoisotopic (exact) mass is 1940 g/mol. The summed E-state index contributed by atoms with van der Waals surface area (Å²) < 4.78 is 38.1. The highest BCUT2D eigenvalue weighted by molar-refractivity contribution is 7.19. The fraction of sp³-hybridized carbons (Fsp3) is 0.569. The van der Waals surface area contributed by atoms with Crippen LogP contribution in [0.4, 0.5) is 0 Å². The molecule has 0 spiro atoms. The molecule has 3 unspecified atom stereocenters. The van der Waals surface area contributed by atoms with Crippen LogP contribution in [0.2, 0.25) is 72.5 Å². The van der Waals surface area contributed by atoms with Crippen LogP contribution in [0.3, 0.4) is 0 Å². The predicted molar refractivity (Wildman–Crippen MR) is 580 cm³/mol. The first-order valence-electron chi connectivity index (χ1n) is 50.7. The lowest BCUT2D eigenvalue weighted by Crippen LogP contribution is -2.45. The van der Waals surface area contributed by atoms with E-state index in [0.717, 1.165) is 144 Å². The number of fused-ring (bicyclic) bond motifs is 4. The van der Waals surface area contributed by atoms with Gasteiger partial charge in [0.2, 0.25) is 0 Å². The fourth-order valence-electron chi connectivity index (χ4n) is 19.0. The van der Waals surface area contributed by atoms with Crippen molar-refractivity contribution in [2.45, 2.75) is 394 Å². The van der Waals surface area contributed by atoms with Gasteiger partial charge in [0.05, 0.1) is 24.9 Å². The average molecular weight is 1950 g/mol. The van der Waals surface area contributed by atoms with Crippen molar-refractivity contribution < 1.29 is 51.8 Å². The molecule has 4 aromatic heterocycles. The Morgan fingerprint density at radius 1 is 0.437 bits per heavy atom. The largest absolute Gasteiger partial charge is 0.481 e. The highest BCUT2D eigenvalue weighted by Gasteiger charge is 2.53. The normalized spacial score (nSPS) is 19.0. The van der Waals surface area contributed by atoms with E-state index in [1.54, 1.807) is 12.4 Å². The van der Waals surface area contributed by atoms with Gasteiger partial charge in [-0.05, 0) is 276 Å². The summed E-state index contributed by atoms with van der Waals surface area (Å²) in [6.45, 7) is 56.8. The Labute approximate surface area is 826 Å². The summed E-state index contributed by atoms with van der Waals surface area (Å²) in [6.07, 6.45) is 29.4. The quantitative estimate of drug-likeness (QED) is 0.0209. The molecule has 0 saturated heterocycles. The van der Waals surface area contributed by atoms with Gasteiger partial charge in [-0.2, -0.15) is 0 Å². The second-order valence-corrected chi connectivity index (χ2v) is 66.7. The van der Waals surface area contributed by atoms with E-state index in [1.165, 1.54) is 68.5 Å². The minimum atomic E-state index is -2.12. The van der Waals surface area contributed by atoms with Crippen LogP contribution < -0.4 is 0 Å². The molecular formula is C116H170N2O11S2Si4. The summed E-state index contributed by atoms with van der Waals surface area (Å²) in [6, 6.07) is 54.2. The van der Waals surface area contributed by atoms with Crippen molar-refractivity contribution in [2.24, 2.45) is 29.6 Å². The molecule has 12 atom stereocenters. The Morgan fingerprint density at radius 2 is 0.837 bits per heavy atom. The molecule has 0 aliphatic heterocycles. The van der Waals surface area contributed by atoms with Crippen molar-refractivity contribution in [2.75, 3.05) is 0 Å². The van der Waals surface area contributed by atoms with Crippen molar-refractivity contribution in [1.82, 2.24) is 9.97 Å². The van der Waals surface area contributed by atoms with Gasteiger partial charge >= 0.3 is 11.9 Å². The number of benzene rings is 6. The standard InChI is InChI=1S/C62H93NO6SSi3.C32H52O3SSi.C21H21NO2.CH4/c1-17-50(53(64)39-45-30-33-49-42-63-37-36-47(49)38-45)46-31-28-44(29-32-46)43-66-59(65)27-21-19-18-20-25-51-52(56(69-73(15,16)62(8,9)10)41-55(51)68-72(13,14)61(5,6)7)34-35-54(67-71(11,12)60(2,3)4)58-40-48-24-22-23-26-57(48)70-58;1-23(30-22-25-15-13-14-17-29(25)36-30)19-20-26-24(2)21-28(35-37(6,7)32(3,4)5)27(26)16-11-9-8-10-12-18-31(33)34;1-2-20(17-6-3-15(14-23)4-7-17)21(24)12-16-5-8-19-13-22-10-9-18(19)11-16;/h22-24,26,28-33,36-38,40,42,50-52,54-56H,17-21,25,27,34-35,39,41,43H2,1-16H3;13-15,17,22-24,26-28H,8-12,16,18-21H2,1-7H3,(H,33,34);3-11,13,20,23H,2,12,14H2,1H3;1H4/t50?,51?,52-,54-,55+,56-;23-,24-,26+,27-,28+;;/m11../s1. The van der Waals surface area contributed by atoms with Crippen molar-refractivity contribution in [1.29, 1.82) is 0 Å². The lowest BCUT2D eigenvalue weighted by atomic mass is 9.81. The first kappa shape index (κ1) is 112. The van der Waals surface area contributed by atoms with Gasteiger partial charge in [0.15, 0.2) is 33.3 Å². The van der Waals surface area contributed by atoms with E-state index in [4.69, 9.17) is 32.7 Å². The van der Waals surface area contributed by atoms with Crippen LogP contribution in [-0.2, 0) is 67.7 Å². The Balaban J connectivity index is 0.000000270. The number of ether oxygens (including phenoxy) is 1. The molecular weight excluding hydrogens is 1770 g/mol. The molecule has 6 aromatic carbocycles. The Kier molecular flexibility index (Phi) is 41.3. The molecule has 2 saturated carbocycles. The minimum absolute atomic E-state index is 0. The molecule has 4 heterocycles. The molecule has 19 heteroatoms. The Bertz CT molecular complexity index is 5320. The SMILES string of the molecule is C.CCC(C(=O)Cc1ccc2cnccc2c1)c1ccc(CO)cc1.CCC(C(=O)Cc1ccc2cnccc2c1)c1ccc(COC(=O)CCCCCCC2[C@@H](O[Si](C)(C)C(C)(C)C)C[C@@H](O[Si](C)(C)C(C)(C)C)[C@@H]2CC[C@@H](O[Si](C)(C)C(C)(C)C)c2cc3ccccc3s2)cc1.C[C@H](CC[C@@H]1[C@@H](CCCCCCCC(=O)O)[C@@H](O[Si](C)(C)C(C)(C)C)C[C@H]1C)c1cc2ccccc2s1. The van der Waals surface area contributed by atoms with Crippen LogP contribution in [0.15, 0.2) is 183 Å². The maximum Gasteiger partial charge on any atom is 0.306 e. The number of nitrogens with zero attached hydrogens (tertiary/aromatic N) is 2. The van der Waals surface area contributed by atoms with Gasteiger partial charge < -0.3 is 32.7 Å². The number of carboxylic acid groups (broad SMARTS) is 1. The number of Topliss-reactive ketones (excluding diaryl/α,β-unsaturated/α-hetero) is 2. The number of rotatable bonds is 44. The van der Waals surface area contributed by atoms with Crippen LogP contribution in [0, 0.1) is 29.6 Å². The summed E-state index contributed by atoms with van der Waals surface area (Å²) in [5.74, 6) is 2.74. The maximum atomic E-state index is 13.5. The number of pyridine rings is 2. The zero-order valence-corrected chi connectivity index (χ0v) is 91.8.